The van der Waals surface area contributed by atoms with Gasteiger partial charge in [-0.05, 0) is 19.1 Å². The number of aryl methyl sites for hydroxylation is 1. The number of hydrogen-bond acceptors (Lipinski definition) is 4. The highest BCUT2D eigenvalue weighted by Crippen LogP contribution is 2.20. The van der Waals surface area contributed by atoms with E-state index in [1.165, 1.54) is 4.31 Å². The summed E-state index contributed by atoms with van der Waals surface area (Å²) in [5, 5.41) is 0. The third kappa shape index (κ3) is 3.26. The molecule has 5 nitrogen and oxygen atoms in total. The van der Waals surface area contributed by atoms with E-state index in [0.717, 1.165) is 5.56 Å². The van der Waals surface area contributed by atoms with Gasteiger partial charge in [0.05, 0.1) is 11.4 Å². The minimum Gasteiger partial charge on any atom is -0.459 e. The largest absolute Gasteiger partial charge is 0.459 e. The number of cyclic esters (lactones) is 1. The van der Waals surface area contributed by atoms with E-state index in [9.17, 15) is 13.2 Å². The van der Waals surface area contributed by atoms with Gasteiger partial charge in [-0.3, -0.25) is 4.79 Å². The molecule has 0 N–H and O–H groups in total. The summed E-state index contributed by atoms with van der Waals surface area (Å²) in [5.74, 6) is -0.497. The van der Waals surface area contributed by atoms with E-state index in [1.807, 2.05) is 6.92 Å². The van der Waals surface area contributed by atoms with Crippen LogP contribution in [0.4, 0.5) is 0 Å². The molecular weight excluding hydrogens is 381 g/mol. The van der Waals surface area contributed by atoms with Gasteiger partial charge in [-0.1, -0.05) is 40.3 Å². The number of morpholine rings is 1. The summed E-state index contributed by atoms with van der Waals surface area (Å²) in [7, 11) is -3.63. The van der Waals surface area contributed by atoms with Crippen molar-refractivity contribution in [2.24, 2.45) is 0 Å². The molecule has 0 bridgehead atoms. The molecule has 1 fully saturated rings. The van der Waals surface area contributed by atoms with Crippen LogP contribution in [0.3, 0.4) is 0 Å². The van der Waals surface area contributed by atoms with Gasteiger partial charge in [-0.25, -0.2) is 8.42 Å². The molecule has 0 saturated carbocycles. The van der Waals surface area contributed by atoms with Crippen molar-refractivity contribution in [2.75, 3.05) is 17.5 Å². The third-order valence-electron chi connectivity index (χ3n) is 2.84. The highest BCUT2D eigenvalue weighted by atomic mass is 127. The first-order valence-corrected chi connectivity index (χ1v) is 8.72. The molecular formula is C12H14INO4S. The molecule has 0 amide bonds. The smallest absolute Gasteiger partial charge is 0.321 e. The fourth-order valence-electron chi connectivity index (χ4n) is 1.82. The third-order valence-corrected chi connectivity index (χ3v) is 5.65. The molecule has 7 heteroatoms. The minimum absolute atomic E-state index is 0.208. The van der Waals surface area contributed by atoms with E-state index < -0.39 is 16.0 Å². The standard InChI is InChI=1S/C12H14INO4S/c1-9-2-4-11(5-3-9)19(16,17)14-7-10(6-13)18-12(15)8-14/h2-5,10H,6-8H2,1H3. The molecule has 1 aromatic rings. The summed E-state index contributed by atoms with van der Waals surface area (Å²) in [5.41, 5.74) is 0.988. The van der Waals surface area contributed by atoms with Gasteiger partial charge in [0, 0.05) is 4.43 Å². The fourth-order valence-corrected chi connectivity index (χ4v) is 3.69. The number of esters is 1. The number of hydrogen-bond donors (Lipinski definition) is 0. The zero-order chi connectivity index (χ0) is 14.0. The minimum atomic E-state index is -3.63. The molecule has 104 valence electrons. The second-order valence-electron chi connectivity index (χ2n) is 4.38. The molecule has 1 atom stereocenters. The number of benzene rings is 1. The number of sulfonamides is 1. The first-order chi connectivity index (χ1) is 8.93. The van der Waals surface area contributed by atoms with Crippen molar-refractivity contribution in [1.82, 2.24) is 4.31 Å². The van der Waals surface area contributed by atoms with Crippen LogP contribution in [-0.4, -0.2) is 42.3 Å². The average Bonchev–Trinajstić information content (AvgIpc) is 2.38. The maximum absolute atomic E-state index is 12.4. The normalized spacial score (nSPS) is 21.2. The van der Waals surface area contributed by atoms with Crippen molar-refractivity contribution < 1.29 is 17.9 Å². The van der Waals surface area contributed by atoms with Crippen LogP contribution in [-0.2, 0) is 19.6 Å². The van der Waals surface area contributed by atoms with E-state index in [4.69, 9.17) is 4.74 Å². The molecule has 1 heterocycles. The number of ether oxygens (including phenoxy) is 1. The Hall–Kier alpha value is -0.670. The Bertz CT molecular complexity index is 570. The Kier molecular flexibility index (Phi) is 4.46. The van der Waals surface area contributed by atoms with Gasteiger partial charge in [0.25, 0.3) is 0 Å². The van der Waals surface area contributed by atoms with E-state index in [1.54, 1.807) is 24.3 Å². The lowest BCUT2D eigenvalue weighted by molar-refractivity contribution is -0.153. The Morgan fingerprint density at radius 3 is 2.58 bits per heavy atom. The zero-order valence-corrected chi connectivity index (χ0v) is 13.3. The lowest BCUT2D eigenvalue weighted by atomic mass is 10.2. The van der Waals surface area contributed by atoms with Crippen molar-refractivity contribution in [2.45, 2.75) is 17.9 Å². The van der Waals surface area contributed by atoms with Crippen molar-refractivity contribution >= 4 is 38.6 Å². The second-order valence-corrected chi connectivity index (χ2v) is 7.20. The summed E-state index contributed by atoms with van der Waals surface area (Å²) < 4.78 is 31.7. The van der Waals surface area contributed by atoms with Crippen LogP contribution in [0.25, 0.3) is 0 Å². The van der Waals surface area contributed by atoms with Gasteiger partial charge in [-0.2, -0.15) is 4.31 Å². The van der Waals surface area contributed by atoms with Gasteiger partial charge in [0.1, 0.15) is 12.6 Å². The lowest BCUT2D eigenvalue weighted by Crippen LogP contribution is -2.48. The molecule has 0 aromatic heterocycles. The number of nitrogens with zero attached hydrogens (tertiary/aromatic N) is 1. The van der Waals surface area contributed by atoms with Crippen LogP contribution in [0.2, 0.25) is 0 Å². The van der Waals surface area contributed by atoms with Crippen LogP contribution < -0.4 is 0 Å². The zero-order valence-electron chi connectivity index (χ0n) is 10.4. The number of carbonyl (C=O) groups is 1. The predicted octanol–water partition coefficient (Wildman–Crippen LogP) is 1.35. The molecule has 1 unspecified atom stereocenters. The first-order valence-electron chi connectivity index (χ1n) is 5.76. The molecule has 19 heavy (non-hydrogen) atoms. The van der Waals surface area contributed by atoms with Gasteiger partial charge < -0.3 is 4.74 Å². The van der Waals surface area contributed by atoms with Crippen molar-refractivity contribution in [1.29, 1.82) is 0 Å². The Labute approximate surface area is 126 Å². The van der Waals surface area contributed by atoms with Crippen LogP contribution in [0.1, 0.15) is 5.56 Å². The number of carbonyl (C=O) groups excluding carboxylic acids is 1. The quantitative estimate of drug-likeness (QED) is 0.441. The highest BCUT2D eigenvalue weighted by molar-refractivity contribution is 14.1. The number of halogens is 1. The van der Waals surface area contributed by atoms with Gasteiger partial charge >= 0.3 is 5.97 Å². The van der Waals surface area contributed by atoms with E-state index >= 15 is 0 Å². The van der Waals surface area contributed by atoms with Gasteiger partial charge in [-0.15, -0.1) is 0 Å². The van der Waals surface area contributed by atoms with Crippen LogP contribution in [0, 0.1) is 6.92 Å². The molecule has 1 aliphatic rings. The van der Waals surface area contributed by atoms with E-state index in [0.29, 0.717) is 4.43 Å². The Balaban J connectivity index is 2.28. The highest BCUT2D eigenvalue weighted by Gasteiger charge is 2.34. The summed E-state index contributed by atoms with van der Waals surface area (Å²) in [6.07, 6.45) is -0.373. The molecule has 1 aliphatic heterocycles. The van der Waals surface area contributed by atoms with Crippen molar-refractivity contribution in [3.8, 4) is 0 Å². The summed E-state index contributed by atoms with van der Waals surface area (Å²) in [4.78, 5) is 11.7. The summed E-state index contributed by atoms with van der Waals surface area (Å²) in [6.45, 7) is 1.88. The van der Waals surface area contributed by atoms with E-state index in [-0.39, 0.29) is 24.1 Å². The predicted molar refractivity (Wildman–Crippen MR) is 78.7 cm³/mol. The first kappa shape index (κ1) is 14.7. The summed E-state index contributed by atoms with van der Waals surface area (Å²) in [6, 6.07) is 6.60. The Morgan fingerprint density at radius 1 is 1.37 bits per heavy atom. The monoisotopic (exact) mass is 395 g/mol. The number of rotatable bonds is 3. The number of alkyl halides is 1. The van der Waals surface area contributed by atoms with Crippen LogP contribution in [0.15, 0.2) is 29.2 Å². The second kappa shape index (κ2) is 5.76. The van der Waals surface area contributed by atoms with Crippen molar-refractivity contribution in [3.05, 3.63) is 29.8 Å². The summed E-state index contributed by atoms with van der Waals surface area (Å²) >= 11 is 2.08. The molecule has 0 aliphatic carbocycles. The topological polar surface area (TPSA) is 63.7 Å². The molecule has 2 rings (SSSR count). The SMILES string of the molecule is Cc1ccc(S(=O)(=O)N2CC(=O)OC(CI)C2)cc1. The molecule has 1 aromatic carbocycles. The Morgan fingerprint density at radius 2 is 2.00 bits per heavy atom. The molecule has 0 spiro atoms. The molecule has 0 radical (unpaired) electrons. The van der Waals surface area contributed by atoms with E-state index in [2.05, 4.69) is 22.6 Å². The van der Waals surface area contributed by atoms with Crippen LogP contribution >= 0.6 is 22.6 Å². The fraction of sp³-hybridized carbons (Fsp3) is 0.417. The van der Waals surface area contributed by atoms with Crippen molar-refractivity contribution in [3.63, 3.8) is 0 Å². The van der Waals surface area contributed by atoms with Gasteiger partial charge in [0.2, 0.25) is 10.0 Å². The maximum atomic E-state index is 12.4. The van der Waals surface area contributed by atoms with Gasteiger partial charge in [0.15, 0.2) is 0 Å². The molecule has 1 saturated heterocycles. The maximum Gasteiger partial charge on any atom is 0.321 e. The van der Waals surface area contributed by atoms with Crippen LogP contribution in [0.5, 0.6) is 0 Å². The average molecular weight is 395 g/mol. The lowest BCUT2D eigenvalue weighted by Gasteiger charge is -2.30.